The smallest absolute Gasteiger partial charge is 0.309 e. The lowest BCUT2D eigenvalue weighted by Gasteiger charge is -2.32. The van der Waals surface area contributed by atoms with Gasteiger partial charge in [0.15, 0.2) is 5.82 Å². The Morgan fingerprint density at radius 2 is 1.79 bits per heavy atom. The van der Waals surface area contributed by atoms with E-state index in [1.54, 1.807) is 26.1 Å². The quantitative estimate of drug-likeness (QED) is 0.371. The average molecular weight is 540 g/mol. The molecule has 1 fully saturated rings. The molecule has 3 aromatic heterocycles. The number of fused-ring (bicyclic) bond motifs is 1. The van der Waals surface area contributed by atoms with E-state index >= 15 is 4.39 Å². The highest BCUT2D eigenvalue weighted by atomic mass is 32.1. The number of halogens is 2. The minimum atomic E-state index is -0.764. The van der Waals surface area contributed by atoms with Crippen LogP contribution < -0.4 is 15.6 Å². The van der Waals surface area contributed by atoms with Crippen LogP contribution in [0.3, 0.4) is 0 Å². The molecule has 0 aliphatic carbocycles. The van der Waals surface area contributed by atoms with Gasteiger partial charge in [0.1, 0.15) is 17.3 Å². The first-order valence-corrected chi connectivity index (χ1v) is 13.1. The van der Waals surface area contributed by atoms with Crippen molar-refractivity contribution in [2.24, 2.45) is 0 Å². The van der Waals surface area contributed by atoms with Crippen molar-refractivity contribution >= 4 is 33.3 Å². The summed E-state index contributed by atoms with van der Waals surface area (Å²) >= 11 is 0.535. The van der Waals surface area contributed by atoms with Gasteiger partial charge in [0, 0.05) is 50.5 Å². The third kappa shape index (κ3) is 5.33. The van der Waals surface area contributed by atoms with Crippen LogP contribution in [-0.4, -0.2) is 62.5 Å². The first-order valence-electron chi connectivity index (χ1n) is 12.2. The fourth-order valence-electron chi connectivity index (χ4n) is 4.45. The Hall–Kier alpha value is -3.61. The van der Waals surface area contributed by atoms with Gasteiger partial charge in [0.05, 0.1) is 16.4 Å². The number of aromatic nitrogens is 4. The lowest BCUT2D eigenvalue weighted by Crippen LogP contribution is -2.43. The summed E-state index contributed by atoms with van der Waals surface area (Å²) in [6.07, 6.45) is 2.77. The Labute approximate surface area is 221 Å². The third-order valence-electron chi connectivity index (χ3n) is 6.47. The molecule has 5 rings (SSSR count). The predicted octanol–water partition coefficient (Wildman–Crippen LogP) is 3.63. The lowest BCUT2D eigenvalue weighted by atomic mass is 10.1. The third-order valence-corrected chi connectivity index (χ3v) is 7.44. The van der Waals surface area contributed by atoms with Crippen LogP contribution in [0, 0.1) is 11.6 Å². The summed E-state index contributed by atoms with van der Waals surface area (Å²) in [4.78, 5) is 41.9. The number of anilines is 2. The van der Waals surface area contributed by atoms with E-state index in [2.05, 4.69) is 37.1 Å². The summed E-state index contributed by atoms with van der Waals surface area (Å²) in [5, 5.41) is 2.97. The molecule has 0 unspecified atom stereocenters. The van der Waals surface area contributed by atoms with E-state index in [9.17, 15) is 14.0 Å². The van der Waals surface area contributed by atoms with Crippen molar-refractivity contribution in [3.05, 3.63) is 73.7 Å². The molecule has 0 radical (unpaired) electrons. The molecule has 9 nitrogen and oxygen atoms in total. The Kier molecular flexibility index (Phi) is 7.28. The van der Waals surface area contributed by atoms with Crippen LogP contribution in [0.4, 0.5) is 20.5 Å². The molecule has 1 saturated heterocycles. The highest BCUT2D eigenvalue weighted by Gasteiger charge is 2.19. The largest absolute Gasteiger partial charge is 0.309 e. The number of nitrogens with one attached hydrogen (secondary N) is 1. The molecule has 0 spiro atoms. The number of benzene rings is 1. The average Bonchev–Trinajstić information content (AvgIpc) is 2.88. The molecule has 1 aromatic carbocycles. The number of pyridine rings is 1. The molecular formula is C26H27F2N7O2S. The molecular weight excluding hydrogens is 512 g/mol. The summed E-state index contributed by atoms with van der Waals surface area (Å²) in [7, 11) is 2.12. The van der Waals surface area contributed by atoms with Crippen LogP contribution in [0.15, 0.2) is 46.2 Å². The summed E-state index contributed by atoms with van der Waals surface area (Å²) in [6, 6.07) is 5.94. The number of likely N-dealkylation sites (N-methyl/N-ethyl adjacent to an activating group) is 1. The van der Waals surface area contributed by atoms with Gasteiger partial charge in [-0.25, -0.2) is 23.7 Å². The SMILES string of the molecule is CC(C)n1c(=O)c(=O)sc2c(F)cc(-c3nc(Nc4ccc(CN5CCN(C)CC5)cn4)ncc3F)cc21. The van der Waals surface area contributed by atoms with Gasteiger partial charge >= 0.3 is 5.56 Å². The van der Waals surface area contributed by atoms with Gasteiger partial charge < -0.3 is 14.8 Å². The zero-order valence-electron chi connectivity index (χ0n) is 21.2. The zero-order chi connectivity index (χ0) is 27.0. The van der Waals surface area contributed by atoms with Crippen LogP contribution in [0.5, 0.6) is 0 Å². The molecule has 0 bridgehead atoms. The maximum absolute atomic E-state index is 15.1. The van der Waals surface area contributed by atoms with Crippen molar-refractivity contribution in [2.45, 2.75) is 26.4 Å². The first kappa shape index (κ1) is 26.0. The van der Waals surface area contributed by atoms with Crippen molar-refractivity contribution in [1.82, 2.24) is 29.3 Å². The highest BCUT2D eigenvalue weighted by molar-refractivity contribution is 7.16. The molecule has 1 N–H and O–H groups in total. The van der Waals surface area contributed by atoms with E-state index in [0.717, 1.165) is 50.6 Å². The maximum Gasteiger partial charge on any atom is 0.309 e. The molecule has 0 atom stereocenters. The highest BCUT2D eigenvalue weighted by Crippen LogP contribution is 2.29. The zero-order valence-corrected chi connectivity index (χ0v) is 22.1. The van der Waals surface area contributed by atoms with E-state index in [0.29, 0.717) is 17.2 Å². The Morgan fingerprint density at radius 1 is 1.03 bits per heavy atom. The van der Waals surface area contributed by atoms with Gasteiger partial charge in [-0.3, -0.25) is 14.5 Å². The van der Waals surface area contributed by atoms with Crippen LogP contribution >= 0.6 is 11.3 Å². The van der Waals surface area contributed by atoms with Crippen LogP contribution in [0.2, 0.25) is 0 Å². The second kappa shape index (κ2) is 10.6. The Balaban J connectivity index is 1.42. The molecule has 1 aliphatic heterocycles. The van der Waals surface area contributed by atoms with Crippen LogP contribution in [-0.2, 0) is 6.54 Å². The number of hydrogen-bond acceptors (Lipinski definition) is 9. The fraction of sp³-hybridized carbons (Fsp3) is 0.346. The van der Waals surface area contributed by atoms with Crippen molar-refractivity contribution in [3.63, 3.8) is 0 Å². The summed E-state index contributed by atoms with van der Waals surface area (Å²) in [5.41, 5.74) is 0.504. The minimum absolute atomic E-state index is 0.0285. The van der Waals surface area contributed by atoms with Crippen LogP contribution in [0.25, 0.3) is 21.5 Å². The van der Waals surface area contributed by atoms with Crippen molar-refractivity contribution in [3.8, 4) is 11.3 Å². The predicted molar refractivity (Wildman–Crippen MR) is 144 cm³/mol. The van der Waals surface area contributed by atoms with E-state index in [-0.39, 0.29) is 27.4 Å². The molecule has 4 aromatic rings. The molecule has 198 valence electrons. The van der Waals surface area contributed by atoms with Gasteiger partial charge in [-0.15, -0.1) is 0 Å². The van der Waals surface area contributed by atoms with E-state index in [1.165, 1.54) is 10.6 Å². The summed E-state index contributed by atoms with van der Waals surface area (Å²) in [6.45, 7) is 8.32. The molecule has 1 aliphatic rings. The van der Waals surface area contributed by atoms with Crippen molar-refractivity contribution < 1.29 is 8.78 Å². The first-order chi connectivity index (χ1) is 18.2. The number of nitrogens with zero attached hydrogens (tertiary/aromatic N) is 6. The van der Waals surface area contributed by atoms with Gasteiger partial charge in [-0.2, -0.15) is 0 Å². The Morgan fingerprint density at radius 3 is 2.47 bits per heavy atom. The van der Waals surface area contributed by atoms with Crippen LogP contribution in [0.1, 0.15) is 25.5 Å². The minimum Gasteiger partial charge on any atom is -0.309 e. The number of rotatable bonds is 6. The van der Waals surface area contributed by atoms with Gasteiger partial charge in [-0.1, -0.05) is 17.4 Å². The lowest BCUT2D eigenvalue weighted by molar-refractivity contribution is 0.148. The number of hydrogen-bond donors (Lipinski definition) is 1. The van der Waals surface area contributed by atoms with Crippen molar-refractivity contribution in [1.29, 1.82) is 0 Å². The summed E-state index contributed by atoms with van der Waals surface area (Å²) in [5.74, 6) is -0.931. The van der Waals surface area contributed by atoms with Gasteiger partial charge in [-0.05, 0) is 44.7 Å². The fourth-order valence-corrected chi connectivity index (χ4v) is 5.24. The monoisotopic (exact) mass is 539 g/mol. The van der Waals surface area contributed by atoms with E-state index in [1.807, 2.05) is 6.07 Å². The standard InChI is InChI=1S/C26H27F2N7O2S/c1-15(2)35-20-11-17(10-18(27)23(20)38-25(37)24(35)36)22-19(28)13-30-26(32-22)31-21-5-4-16(12-29-21)14-34-8-6-33(3)7-9-34/h4-5,10-13,15H,6-9,14H2,1-3H3,(H,29,30,31,32). The molecule has 38 heavy (non-hydrogen) atoms. The van der Waals surface area contributed by atoms with E-state index in [4.69, 9.17) is 0 Å². The Bertz CT molecular complexity index is 1600. The second-order valence-electron chi connectivity index (χ2n) is 9.61. The second-order valence-corrected chi connectivity index (χ2v) is 10.6. The van der Waals surface area contributed by atoms with E-state index < -0.39 is 28.0 Å². The molecule has 4 heterocycles. The normalized spacial score (nSPS) is 14.9. The van der Waals surface area contributed by atoms with Crippen molar-refractivity contribution in [2.75, 3.05) is 38.5 Å². The molecule has 0 amide bonds. The summed E-state index contributed by atoms with van der Waals surface area (Å²) < 4.78 is 30.3. The topological polar surface area (TPSA) is 96.2 Å². The van der Waals surface area contributed by atoms with Gasteiger partial charge in [0.2, 0.25) is 5.95 Å². The van der Waals surface area contributed by atoms with Gasteiger partial charge in [0.25, 0.3) is 4.74 Å². The molecule has 0 saturated carbocycles. The number of piperazine rings is 1. The molecule has 12 heteroatoms. The maximum atomic E-state index is 15.1.